The predicted octanol–water partition coefficient (Wildman–Crippen LogP) is 2.72. The highest BCUT2D eigenvalue weighted by Gasteiger charge is 2.33. The molecule has 7 heteroatoms. The lowest BCUT2D eigenvalue weighted by Crippen LogP contribution is -2.46. The predicted molar refractivity (Wildman–Crippen MR) is 91.8 cm³/mol. The number of oxime groups is 1. The van der Waals surface area contributed by atoms with E-state index in [0.717, 1.165) is 0 Å². The number of amides is 1. The molecule has 0 radical (unpaired) electrons. The second kappa shape index (κ2) is 7.35. The van der Waals surface area contributed by atoms with Crippen LogP contribution in [-0.2, 0) is 20.9 Å². The number of carbonyl (C=O) groups is 2. The summed E-state index contributed by atoms with van der Waals surface area (Å²) in [5, 5.41) is 3.93. The number of carbonyl (C=O) groups excluding carboxylic acids is 2. The molecule has 2 aromatic carbocycles. The van der Waals surface area contributed by atoms with Crippen molar-refractivity contribution in [3.05, 3.63) is 71.0 Å². The largest absolute Gasteiger partial charge is 0.465 e. The first-order chi connectivity index (χ1) is 12.5. The van der Waals surface area contributed by atoms with Gasteiger partial charge in [-0.15, -0.1) is 0 Å². The fraction of sp³-hybridized carbons (Fsp3) is 0.211. The standard InChI is InChI=1S/C19H17FN2O4/c1-12-18(23)22(11-13-6-5-7-14(10-13)19(24)25-2)17(21-26-12)15-8-3-4-9-16(15)20/h3-10,12H,11H2,1-2H3. The minimum Gasteiger partial charge on any atom is -0.465 e. The minimum absolute atomic E-state index is 0.0923. The Morgan fingerprint density at radius 3 is 2.77 bits per heavy atom. The van der Waals surface area contributed by atoms with Gasteiger partial charge in [0.2, 0.25) is 6.10 Å². The van der Waals surface area contributed by atoms with Crippen LogP contribution in [0, 0.1) is 5.82 Å². The molecule has 6 nitrogen and oxygen atoms in total. The third kappa shape index (κ3) is 3.42. The summed E-state index contributed by atoms with van der Waals surface area (Å²) >= 11 is 0. The number of hydrogen-bond donors (Lipinski definition) is 0. The molecule has 1 heterocycles. The Morgan fingerprint density at radius 1 is 1.27 bits per heavy atom. The number of nitrogens with zero attached hydrogens (tertiary/aromatic N) is 2. The fourth-order valence-electron chi connectivity index (χ4n) is 2.63. The highest BCUT2D eigenvalue weighted by atomic mass is 19.1. The van der Waals surface area contributed by atoms with Crippen molar-refractivity contribution < 1.29 is 23.6 Å². The van der Waals surface area contributed by atoms with Gasteiger partial charge >= 0.3 is 5.97 Å². The number of amidine groups is 1. The lowest BCUT2D eigenvalue weighted by atomic mass is 10.1. The molecule has 1 atom stereocenters. The summed E-state index contributed by atoms with van der Waals surface area (Å²) in [7, 11) is 1.30. The molecule has 1 aliphatic heterocycles. The molecular formula is C19H17FN2O4. The molecule has 3 rings (SSSR count). The molecule has 0 bridgehead atoms. The Kier molecular flexibility index (Phi) is 4.97. The summed E-state index contributed by atoms with van der Waals surface area (Å²) in [5.41, 5.74) is 1.21. The topological polar surface area (TPSA) is 68.2 Å². The number of esters is 1. The third-order valence-corrected chi connectivity index (χ3v) is 3.97. The van der Waals surface area contributed by atoms with Gasteiger partial charge in [0.1, 0.15) is 5.82 Å². The van der Waals surface area contributed by atoms with E-state index in [1.165, 1.54) is 24.1 Å². The summed E-state index contributed by atoms with van der Waals surface area (Å²) in [5.74, 6) is -1.24. The van der Waals surface area contributed by atoms with E-state index in [2.05, 4.69) is 5.16 Å². The van der Waals surface area contributed by atoms with Gasteiger partial charge < -0.3 is 9.57 Å². The van der Waals surface area contributed by atoms with Crippen LogP contribution < -0.4 is 0 Å². The van der Waals surface area contributed by atoms with E-state index in [-0.39, 0.29) is 23.9 Å². The average Bonchev–Trinajstić information content (AvgIpc) is 2.66. The van der Waals surface area contributed by atoms with E-state index in [4.69, 9.17) is 9.57 Å². The van der Waals surface area contributed by atoms with E-state index < -0.39 is 17.9 Å². The van der Waals surface area contributed by atoms with Gasteiger partial charge in [-0.2, -0.15) is 0 Å². The first kappa shape index (κ1) is 17.6. The number of benzene rings is 2. The molecule has 26 heavy (non-hydrogen) atoms. The van der Waals surface area contributed by atoms with E-state index in [1.54, 1.807) is 43.3 Å². The van der Waals surface area contributed by atoms with E-state index in [9.17, 15) is 14.0 Å². The second-order valence-electron chi connectivity index (χ2n) is 5.76. The quantitative estimate of drug-likeness (QED) is 0.790. The highest BCUT2D eigenvalue weighted by Crippen LogP contribution is 2.20. The molecule has 1 unspecified atom stereocenters. The van der Waals surface area contributed by atoms with Gasteiger partial charge in [-0.1, -0.05) is 29.4 Å². The van der Waals surface area contributed by atoms with Crippen LogP contribution in [0.4, 0.5) is 4.39 Å². The van der Waals surface area contributed by atoms with Crippen LogP contribution in [-0.4, -0.2) is 35.8 Å². The van der Waals surface area contributed by atoms with Gasteiger partial charge in [0, 0.05) is 0 Å². The van der Waals surface area contributed by atoms with Crippen molar-refractivity contribution in [2.45, 2.75) is 19.6 Å². The van der Waals surface area contributed by atoms with Crippen molar-refractivity contribution in [1.82, 2.24) is 4.90 Å². The van der Waals surface area contributed by atoms with Crippen LogP contribution in [0.15, 0.2) is 53.7 Å². The van der Waals surface area contributed by atoms with Gasteiger partial charge in [-0.25, -0.2) is 9.18 Å². The molecular weight excluding hydrogens is 339 g/mol. The van der Waals surface area contributed by atoms with Crippen LogP contribution in [0.2, 0.25) is 0 Å². The second-order valence-corrected chi connectivity index (χ2v) is 5.76. The first-order valence-electron chi connectivity index (χ1n) is 7.98. The van der Waals surface area contributed by atoms with Crippen LogP contribution in [0.25, 0.3) is 0 Å². The molecule has 0 fully saturated rings. The smallest absolute Gasteiger partial charge is 0.337 e. The Bertz CT molecular complexity index is 881. The molecule has 0 N–H and O–H groups in total. The monoisotopic (exact) mass is 356 g/mol. The molecule has 134 valence electrons. The minimum atomic E-state index is -0.783. The third-order valence-electron chi connectivity index (χ3n) is 3.97. The maximum atomic E-state index is 14.2. The van der Waals surface area contributed by atoms with Crippen molar-refractivity contribution in [1.29, 1.82) is 0 Å². The Labute approximate surface area is 149 Å². The van der Waals surface area contributed by atoms with Crippen LogP contribution >= 0.6 is 0 Å². The van der Waals surface area contributed by atoms with Gasteiger partial charge in [0.15, 0.2) is 5.84 Å². The number of ether oxygens (including phenoxy) is 1. The number of rotatable bonds is 4. The summed E-state index contributed by atoms with van der Waals surface area (Å²) in [6.07, 6.45) is -0.783. The van der Waals surface area contributed by atoms with Crippen molar-refractivity contribution in [2.24, 2.45) is 5.16 Å². The van der Waals surface area contributed by atoms with Crippen molar-refractivity contribution in [3.63, 3.8) is 0 Å². The van der Waals surface area contributed by atoms with Crippen LogP contribution in [0.5, 0.6) is 0 Å². The fourth-order valence-corrected chi connectivity index (χ4v) is 2.63. The molecule has 0 aliphatic carbocycles. The maximum absolute atomic E-state index is 14.2. The van der Waals surface area contributed by atoms with Crippen molar-refractivity contribution in [2.75, 3.05) is 7.11 Å². The summed E-state index contributed by atoms with van der Waals surface area (Å²) in [6.45, 7) is 1.69. The Hall–Kier alpha value is -3.22. The molecule has 0 saturated heterocycles. The highest BCUT2D eigenvalue weighted by molar-refractivity contribution is 6.09. The molecule has 0 aromatic heterocycles. The summed E-state index contributed by atoms with van der Waals surface area (Å²) in [4.78, 5) is 30.8. The average molecular weight is 356 g/mol. The zero-order valence-electron chi connectivity index (χ0n) is 14.3. The normalized spacial score (nSPS) is 16.7. The van der Waals surface area contributed by atoms with Gasteiger partial charge in [-0.05, 0) is 36.8 Å². The van der Waals surface area contributed by atoms with Gasteiger partial charge in [0.25, 0.3) is 5.91 Å². The lowest BCUT2D eigenvalue weighted by molar-refractivity contribution is -0.142. The van der Waals surface area contributed by atoms with E-state index in [0.29, 0.717) is 11.1 Å². The van der Waals surface area contributed by atoms with E-state index >= 15 is 0 Å². The molecule has 1 aliphatic rings. The first-order valence-corrected chi connectivity index (χ1v) is 7.98. The Balaban J connectivity index is 1.96. The van der Waals surface area contributed by atoms with E-state index in [1.807, 2.05) is 0 Å². The van der Waals surface area contributed by atoms with Crippen molar-refractivity contribution >= 4 is 17.7 Å². The van der Waals surface area contributed by atoms with Gasteiger partial charge in [0.05, 0.1) is 24.8 Å². The zero-order chi connectivity index (χ0) is 18.7. The van der Waals surface area contributed by atoms with Crippen LogP contribution in [0.1, 0.15) is 28.4 Å². The van der Waals surface area contributed by atoms with Gasteiger partial charge in [-0.3, -0.25) is 9.69 Å². The maximum Gasteiger partial charge on any atom is 0.337 e. The van der Waals surface area contributed by atoms with Crippen molar-refractivity contribution in [3.8, 4) is 0 Å². The van der Waals surface area contributed by atoms with Crippen LogP contribution in [0.3, 0.4) is 0 Å². The molecule has 0 saturated carbocycles. The number of hydrogen-bond acceptors (Lipinski definition) is 5. The lowest BCUT2D eigenvalue weighted by Gasteiger charge is -2.30. The number of halogens is 1. The molecule has 1 amide bonds. The number of methoxy groups -OCH3 is 1. The summed E-state index contributed by atoms with van der Waals surface area (Å²) < 4.78 is 18.9. The SMILES string of the molecule is COC(=O)c1cccc(CN2C(=O)C(C)ON=C2c2ccccc2F)c1. The molecule has 0 spiro atoms. The summed E-state index contributed by atoms with van der Waals surface area (Å²) in [6, 6.07) is 12.7. The Morgan fingerprint density at radius 2 is 2.04 bits per heavy atom. The molecule has 2 aromatic rings. The zero-order valence-corrected chi connectivity index (χ0v) is 14.3.